The van der Waals surface area contributed by atoms with Crippen molar-refractivity contribution in [1.82, 2.24) is 10.2 Å². The van der Waals surface area contributed by atoms with Gasteiger partial charge in [0.15, 0.2) is 0 Å². The third kappa shape index (κ3) is 4.19. The van der Waals surface area contributed by atoms with Gasteiger partial charge in [0.1, 0.15) is 11.8 Å². The van der Waals surface area contributed by atoms with E-state index in [4.69, 9.17) is 9.47 Å². The fourth-order valence-electron chi connectivity index (χ4n) is 2.31. The second kappa shape index (κ2) is 7.77. The Morgan fingerprint density at radius 3 is 2.77 bits per heavy atom. The molecule has 2 rings (SSSR count). The first kappa shape index (κ1) is 16.3. The van der Waals surface area contributed by atoms with Crippen LogP contribution in [-0.2, 0) is 9.53 Å². The summed E-state index contributed by atoms with van der Waals surface area (Å²) in [6.45, 7) is 0.813. The van der Waals surface area contributed by atoms with E-state index in [1.165, 1.54) is 12.0 Å². The Morgan fingerprint density at radius 2 is 2.09 bits per heavy atom. The third-order valence-corrected chi connectivity index (χ3v) is 3.37. The fraction of sp³-hybridized carbons (Fsp3) is 0.467. The van der Waals surface area contributed by atoms with Crippen LogP contribution in [-0.4, -0.2) is 61.0 Å². The van der Waals surface area contributed by atoms with Crippen molar-refractivity contribution < 1.29 is 24.2 Å². The van der Waals surface area contributed by atoms with Gasteiger partial charge in [0.05, 0.1) is 19.3 Å². The van der Waals surface area contributed by atoms with Gasteiger partial charge in [-0.15, -0.1) is 0 Å². The summed E-state index contributed by atoms with van der Waals surface area (Å²) in [5, 5.41) is 12.4. The Kier molecular flexibility index (Phi) is 5.74. The number of likely N-dealkylation sites (tertiary alicyclic amines) is 1. The summed E-state index contributed by atoms with van der Waals surface area (Å²) in [5.41, 5.74) is 0. The van der Waals surface area contributed by atoms with E-state index in [0.717, 1.165) is 0 Å². The molecule has 7 nitrogen and oxygen atoms in total. The normalized spacial score (nSPS) is 20.7. The van der Waals surface area contributed by atoms with Gasteiger partial charge < -0.3 is 19.9 Å². The molecule has 0 aliphatic carbocycles. The summed E-state index contributed by atoms with van der Waals surface area (Å²) in [5.74, 6) is 0.0750. The van der Waals surface area contributed by atoms with Crippen molar-refractivity contribution in [3.63, 3.8) is 0 Å². The van der Waals surface area contributed by atoms with Crippen molar-refractivity contribution in [2.75, 3.05) is 26.8 Å². The van der Waals surface area contributed by atoms with Crippen LogP contribution in [0.5, 0.6) is 5.75 Å². The van der Waals surface area contributed by atoms with Crippen LogP contribution in [0.1, 0.15) is 6.42 Å². The standard InChI is InChI=1S/C15H20N2O5/c1-21-8-7-16-14(19)13-9-11(18)10-17(13)15(20)22-12-5-3-2-4-6-12/h2-6,11,13,18H,7-10H2,1H3,(H,16,19)/t11-,13+/m1/s1. The minimum Gasteiger partial charge on any atom is -0.410 e. The summed E-state index contributed by atoms with van der Waals surface area (Å²) in [6, 6.07) is 7.87. The number of β-amino-alcohol motifs (C(OH)–C–C–N with tert-alkyl or cyclic N) is 1. The minimum atomic E-state index is -0.735. The number of ether oxygens (including phenoxy) is 2. The van der Waals surface area contributed by atoms with Crippen molar-refractivity contribution in [2.24, 2.45) is 0 Å². The number of rotatable bonds is 5. The van der Waals surface area contributed by atoms with Crippen molar-refractivity contribution in [2.45, 2.75) is 18.6 Å². The van der Waals surface area contributed by atoms with Crippen LogP contribution in [0.15, 0.2) is 30.3 Å². The highest BCUT2D eigenvalue weighted by Crippen LogP contribution is 2.20. The largest absolute Gasteiger partial charge is 0.416 e. The van der Waals surface area contributed by atoms with Crippen LogP contribution in [0.2, 0.25) is 0 Å². The van der Waals surface area contributed by atoms with Crippen molar-refractivity contribution in [3.05, 3.63) is 30.3 Å². The summed E-state index contributed by atoms with van der Waals surface area (Å²) < 4.78 is 10.1. The summed E-state index contributed by atoms with van der Waals surface area (Å²) >= 11 is 0. The molecule has 1 aromatic rings. The van der Waals surface area contributed by atoms with Gasteiger partial charge in [-0.05, 0) is 12.1 Å². The second-order valence-electron chi connectivity index (χ2n) is 5.02. The second-order valence-corrected chi connectivity index (χ2v) is 5.02. The highest BCUT2D eigenvalue weighted by molar-refractivity contribution is 5.86. The zero-order valence-electron chi connectivity index (χ0n) is 12.4. The highest BCUT2D eigenvalue weighted by atomic mass is 16.6. The molecule has 0 bridgehead atoms. The molecule has 1 aliphatic heterocycles. The smallest absolute Gasteiger partial charge is 0.410 e. The van der Waals surface area contributed by atoms with Crippen molar-refractivity contribution in [1.29, 1.82) is 0 Å². The van der Waals surface area contributed by atoms with E-state index < -0.39 is 18.2 Å². The number of nitrogens with zero attached hydrogens (tertiary/aromatic N) is 1. The molecule has 22 heavy (non-hydrogen) atoms. The van der Waals surface area contributed by atoms with Gasteiger partial charge in [0.25, 0.3) is 0 Å². The molecule has 0 saturated carbocycles. The average molecular weight is 308 g/mol. The molecule has 1 aliphatic rings. The van der Waals surface area contributed by atoms with Crippen LogP contribution < -0.4 is 10.1 Å². The van der Waals surface area contributed by atoms with Crippen LogP contribution >= 0.6 is 0 Å². The number of nitrogens with one attached hydrogen (secondary N) is 1. The predicted octanol–water partition coefficient (Wildman–Crippen LogP) is 0.383. The minimum absolute atomic E-state index is 0.0774. The predicted molar refractivity (Wildman–Crippen MR) is 78.5 cm³/mol. The van der Waals surface area contributed by atoms with E-state index in [1.807, 2.05) is 6.07 Å². The van der Waals surface area contributed by atoms with E-state index in [2.05, 4.69) is 5.32 Å². The first-order valence-electron chi connectivity index (χ1n) is 7.10. The lowest BCUT2D eigenvalue weighted by molar-refractivity contribution is -0.125. The van der Waals surface area contributed by atoms with Crippen LogP contribution in [0.25, 0.3) is 0 Å². The number of carbonyl (C=O) groups is 2. The maximum atomic E-state index is 12.2. The number of amides is 2. The summed E-state index contributed by atoms with van der Waals surface area (Å²) in [6.07, 6.45) is -1.18. The lowest BCUT2D eigenvalue weighted by Crippen LogP contribution is -2.47. The molecule has 0 aromatic heterocycles. The SMILES string of the molecule is COCCNC(=O)[C@@H]1C[C@@H](O)CN1C(=O)Oc1ccccc1. The Hall–Kier alpha value is -2.12. The number of carbonyl (C=O) groups excluding carboxylic acids is 2. The maximum Gasteiger partial charge on any atom is 0.416 e. The number of aliphatic hydroxyl groups is 1. The molecule has 0 radical (unpaired) electrons. The van der Waals surface area contributed by atoms with E-state index in [-0.39, 0.29) is 18.9 Å². The Labute approximate surface area is 128 Å². The first-order chi connectivity index (χ1) is 10.6. The number of para-hydroxylation sites is 1. The molecule has 2 N–H and O–H groups in total. The molecular weight excluding hydrogens is 288 g/mol. The van der Waals surface area contributed by atoms with Gasteiger partial charge in [-0.1, -0.05) is 18.2 Å². The Morgan fingerprint density at radius 1 is 1.36 bits per heavy atom. The van der Waals surface area contributed by atoms with Gasteiger partial charge in [0, 0.05) is 20.1 Å². The highest BCUT2D eigenvalue weighted by Gasteiger charge is 2.39. The lowest BCUT2D eigenvalue weighted by atomic mass is 10.2. The number of hydrogen-bond acceptors (Lipinski definition) is 5. The molecule has 1 heterocycles. The van der Waals surface area contributed by atoms with Crippen LogP contribution in [0, 0.1) is 0 Å². The molecule has 1 aromatic carbocycles. The lowest BCUT2D eigenvalue weighted by Gasteiger charge is -2.22. The zero-order chi connectivity index (χ0) is 15.9. The summed E-state index contributed by atoms with van der Waals surface area (Å²) in [7, 11) is 1.54. The molecule has 0 unspecified atom stereocenters. The molecule has 7 heteroatoms. The molecular formula is C15H20N2O5. The Balaban J connectivity index is 1.97. The van der Waals surface area contributed by atoms with Gasteiger partial charge in [-0.25, -0.2) is 4.79 Å². The monoisotopic (exact) mass is 308 g/mol. The van der Waals surface area contributed by atoms with E-state index in [1.54, 1.807) is 24.3 Å². The first-order valence-corrected chi connectivity index (χ1v) is 7.10. The van der Waals surface area contributed by atoms with Crippen molar-refractivity contribution in [3.8, 4) is 5.75 Å². The fourth-order valence-corrected chi connectivity index (χ4v) is 2.31. The quantitative estimate of drug-likeness (QED) is 0.768. The molecule has 1 saturated heterocycles. The van der Waals surface area contributed by atoms with E-state index in [0.29, 0.717) is 18.9 Å². The maximum absolute atomic E-state index is 12.2. The van der Waals surface area contributed by atoms with Gasteiger partial charge in [-0.2, -0.15) is 0 Å². The van der Waals surface area contributed by atoms with Gasteiger partial charge in [-0.3, -0.25) is 9.69 Å². The van der Waals surface area contributed by atoms with Crippen LogP contribution in [0.4, 0.5) is 4.79 Å². The van der Waals surface area contributed by atoms with Crippen molar-refractivity contribution >= 4 is 12.0 Å². The molecule has 2 atom stereocenters. The average Bonchev–Trinajstić information content (AvgIpc) is 2.90. The molecule has 2 amide bonds. The zero-order valence-corrected chi connectivity index (χ0v) is 12.4. The number of methoxy groups -OCH3 is 1. The number of hydrogen-bond donors (Lipinski definition) is 2. The number of aliphatic hydroxyl groups excluding tert-OH is 1. The van der Waals surface area contributed by atoms with E-state index >= 15 is 0 Å². The van der Waals surface area contributed by atoms with Gasteiger partial charge >= 0.3 is 6.09 Å². The number of benzene rings is 1. The molecule has 1 fully saturated rings. The molecule has 120 valence electrons. The summed E-state index contributed by atoms with van der Waals surface area (Å²) in [4.78, 5) is 25.5. The third-order valence-electron chi connectivity index (χ3n) is 3.37. The molecule has 0 spiro atoms. The Bertz CT molecular complexity index is 508. The topological polar surface area (TPSA) is 88.1 Å². The van der Waals surface area contributed by atoms with E-state index in [9.17, 15) is 14.7 Å². The van der Waals surface area contributed by atoms with Gasteiger partial charge in [0.2, 0.25) is 5.91 Å². The van der Waals surface area contributed by atoms with Crippen LogP contribution in [0.3, 0.4) is 0 Å².